The molecule has 1 aromatic carbocycles. The number of nitrogens with one attached hydrogen (secondary N) is 2. The monoisotopic (exact) mass is 387 g/mol. The molecule has 0 aliphatic rings. The van der Waals surface area contributed by atoms with Gasteiger partial charge in [-0.05, 0) is 38.8 Å². The minimum Gasteiger partial charge on any atom is -0.348 e. The second-order valence-corrected chi connectivity index (χ2v) is 7.96. The molecule has 2 amide bonds. The predicted octanol–water partition coefficient (Wildman–Crippen LogP) is 2.97. The van der Waals surface area contributed by atoms with Crippen molar-refractivity contribution in [1.29, 1.82) is 0 Å². The van der Waals surface area contributed by atoms with E-state index in [1.807, 2.05) is 52.0 Å². The highest BCUT2D eigenvalue weighted by atomic mass is 35.5. The van der Waals surface area contributed by atoms with Gasteiger partial charge in [-0.15, -0.1) is 24.2 Å². The molecule has 0 spiro atoms. The molecular weight excluding hydrogens is 358 g/mol. The van der Waals surface area contributed by atoms with Crippen molar-refractivity contribution in [2.24, 2.45) is 11.7 Å². The Kier molecular flexibility index (Phi) is 10.2. The molecule has 0 aliphatic carbocycles. The number of benzene rings is 1. The third-order valence-corrected chi connectivity index (χ3v) is 5.42. The average molecular weight is 388 g/mol. The Labute approximate surface area is 161 Å². The molecule has 2 unspecified atom stereocenters. The highest BCUT2D eigenvalue weighted by Gasteiger charge is 2.30. The second kappa shape index (κ2) is 10.7. The zero-order valence-electron chi connectivity index (χ0n) is 15.6. The van der Waals surface area contributed by atoms with Crippen molar-refractivity contribution in [3.63, 3.8) is 0 Å². The molecule has 0 aromatic heterocycles. The fraction of sp³-hybridized carbons (Fsp3) is 0.556. The summed E-state index contributed by atoms with van der Waals surface area (Å²) in [5, 5.41) is 5.51. The van der Waals surface area contributed by atoms with E-state index >= 15 is 0 Å². The number of rotatable bonds is 8. The molecular formula is C18H30ClN3O2S. The van der Waals surface area contributed by atoms with E-state index in [4.69, 9.17) is 5.73 Å². The first kappa shape index (κ1) is 23.8. The molecule has 1 aromatic rings. The van der Waals surface area contributed by atoms with Gasteiger partial charge in [0.05, 0.1) is 16.5 Å². The van der Waals surface area contributed by atoms with Gasteiger partial charge in [0, 0.05) is 12.2 Å². The summed E-state index contributed by atoms with van der Waals surface area (Å²) in [5.74, 6) is 0.246. The minimum atomic E-state index is -0.434. The van der Waals surface area contributed by atoms with E-state index in [1.165, 1.54) is 11.8 Å². The summed E-state index contributed by atoms with van der Waals surface area (Å²) in [7, 11) is 0. The third kappa shape index (κ3) is 7.67. The second-order valence-electron chi connectivity index (χ2n) is 6.63. The number of carbonyl (C=O) groups is 2. The Morgan fingerprint density at radius 3 is 2.24 bits per heavy atom. The molecule has 0 heterocycles. The van der Waals surface area contributed by atoms with Crippen molar-refractivity contribution < 1.29 is 9.59 Å². The van der Waals surface area contributed by atoms with Crippen LogP contribution in [0.2, 0.25) is 0 Å². The van der Waals surface area contributed by atoms with E-state index in [0.717, 1.165) is 11.3 Å². The molecule has 0 radical (unpaired) electrons. The largest absolute Gasteiger partial charge is 0.348 e. The van der Waals surface area contributed by atoms with Crippen molar-refractivity contribution >= 4 is 41.7 Å². The molecule has 0 aliphatic heterocycles. The number of hydrogen-bond donors (Lipinski definition) is 3. The van der Waals surface area contributed by atoms with Gasteiger partial charge in [-0.1, -0.05) is 31.5 Å². The summed E-state index contributed by atoms with van der Waals surface area (Å²) < 4.78 is 0. The van der Waals surface area contributed by atoms with E-state index in [2.05, 4.69) is 10.6 Å². The Bertz CT molecular complexity index is 566. The van der Waals surface area contributed by atoms with Crippen LogP contribution in [0.5, 0.6) is 0 Å². The lowest BCUT2D eigenvalue weighted by atomic mass is 9.88. The van der Waals surface area contributed by atoms with Gasteiger partial charge >= 0.3 is 0 Å². The summed E-state index contributed by atoms with van der Waals surface area (Å²) >= 11 is 1.31. The molecule has 2 atom stereocenters. The Hall–Kier alpha value is -1.24. The molecule has 25 heavy (non-hydrogen) atoms. The van der Waals surface area contributed by atoms with Crippen LogP contribution in [-0.2, 0) is 9.59 Å². The Balaban J connectivity index is 0.00000576. The maximum Gasteiger partial charge on any atom is 0.234 e. The maximum atomic E-state index is 12.3. The summed E-state index contributed by atoms with van der Waals surface area (Å²) in [4.78, 5) is 24.3. The van der Waals surface area contributed by atoms with Crippen LogP contribution in [0, 0.1) is 12.8 Å². The first-order valence-electron chi connectivity index (χ1n) is 8.18. The van der Waals surface area contributed by atoms with Gasteiger partial charge in [0.2, 0.25) is 11.8 Å². The van der Waals surface area contributed by atoms with Gasteiger partial charge in [0.25, 0.3) is 0 Å². The van der Waals surface area contributed by atoms with Crippen LogP contribution in [-0.4, -0.2) is 34.9 Å². The van der Waals surface area contributed by atoms with Crippen LogP contribution in [0.4, 0.5) is 5.69 Å². The van der Waals surface area contributed by atoms with Crippen molar-refractivity contribution in [1.82, 2.24) is 5.32 Å². The number of thioether (sulfide) groups is 1. The quantitative estimate of drug-likeness (QED) is 0.640. The summed E-state index contributed by atoms with van der Waals surface area (Å²) in [6.07, 6.45) is 0. The minimum absolute atomic E-state index is 0. The molecule has 1 rings (SSSR count). The number of carbonyl (C=O) groups excluding carboxylic acids is 2. The Morgan fingerprint density at radius 1 is 1.20 bits per heavy atom. The number of halogens is 1. The summed E-state index contributed by atoms with van der Waals surface area (Å²) in [6, 6.07) is 7.61. The number of anilines is 1. The Morgan fingerprint density at radius 2 is 1.76 bits per heavy atom. The van der Waals surface area contributed by atoms with Gasteiger partial charge in [-0.25, -0.2) is 0 Å². The van der Waals surface area contributed by atoms with E-state index in [0.29, 0.717) is 6.54 Å². The fourth-order valence-electron chi connectivity index (χ4n) is 1.92. The molecule has 0 bridgehead atoms. The first-order valence-corrected chi connectivity index (χ1v) is 9.23. The highest BCUT2D eigenvalue weighted by Crippen LogP contribution is 2.18. The number of nitrogens with two attached hydrogens (primary N) is 1. The maximum absolute atomic E-state index is 12.3. The number of aryl methyl sites for hydroxylation is 1. The van der Waals surface area contributed by atoms with Crippen LogP contribution >= 0.6 is 24.2 Å². The van der Waals surface area contributed by atoms with E-state index < -0.39 is 5.54 Å². The van der Waals surface area contributed by atoms with Crippen molar-refractivity contribution in [3.8, 4) is 0 Å². The van der Waals surface area contributed by atoms with E-state index in [-0.39, 0.29) is 41.1 Å². The van der Waals surface area contributed by atoms with Crippen molar-refractivity contribution in [2.75, 3.05) is 17.6 Å². The number of amides is 2. The SMILES string of the molecule is Cc1ccc(NC(=O)CSC(C)C(=O)NC(C)(CN)C(C)C)cc1.Cl. The van der Waals surface area contributed by atoms with Gasteiger partial charge in [-0.3, -0.25) is 9.59 Å². The highest BCUT2D eigenvalue weighted by molar-refractivity contribution is 8.01. The summed E-state index contributed by atoms with van der Waals surface area (Å²) in [6.45, 7) is 10.2. The molecule has 0 fully saturated rings. The molecule has 4 N–H and O–H groups in total. The topological polar surface area (TPSA) is 84.2 Å². The van der Waals surface area contributed by atoms with Gasteiger partial charge in [0.1, 0.15) is 0 Å². The zero-order valence-corrected chi connectivity index (χ0v) is 17.2. The average Bonchev–Trinajstić information content (AvgIpc) is 2.54. The van der Waals surface area contributed by atoms with E-state index in [1.54, 1.807) is 6.92 Å². The normalized spacial score (nSPS) is 14.2. The van der Waals surface area contributed by atoms with Crippen LogP contribution in [0.1, 0.15) is 33.3 Å². The lowest BCUT2D eigenvalue weighted by molar-refractivity contribution is -0.122. The first-order chi connectivity index (χ1) is 11.2. The smallest absolute Gasteiger partial charge is 0.234 e. The lowest BCUT2D eigenvalue weighted by Crippen LogP contribution is -2.56. The van der Waals surface area contributed by atoms with Crippen molar-refractivity contribution in [2.45, 2.75) is 45.4 Å². The predicted molar refractivity (Wildman–Crippen MR) is 109 cm³/mol. The van der Waals surface area contributed by atoms with Crippen LogP contribution in [0.15, 0.2) is 24.3 Å². The van der Waals surface area contributed by atoms with Crippen LogP contribution in [0.25, 0.3) is 0 Å². The van der Waals surface area contributed by atoms with Gasteiger partial charge < -0.3 is 16.4 Å². The van der Waals surface area contributed by atoms with Gasteiger partial charge in [-0.2, -0.15) is 0 Å². The number of hydrogen-bond acceptors (Lipinski definition) is 4. The van der Waals surface area contributed by atoms with Crippen LogP contribution in [0.3, 0.4) is 0 Å². The fourth-order valence-corrected chi connectivity index (χ4v) is 2.61. The third-order valence-electron chi connectivity index (χ3n) is 4.28. The molecule has 142 valence electrons. The van der Waals surface area contributed by atoms with E-state index in [9.17, 15) is 9.59 Å². The molecule has 7 heteroatoms. The molecule has 0 saturated carbocycles. The van der Waals surface area contributed by atoms with Crippen molar-refractivity contribution in [3.05, 3.63) is 29.8 Å². The standard InChI is InChI=1S/C18H29N3O2S.ClH/c1-12(2)18(5,11-19)21-17(23)14(4)24-10-16(22)20-15-8-6-13(3)7-9-15;/h6-9,12,14H,10-11,19H2,1-5H3,(H,20,22)(H,21,23);1H. The zero-order chi connectivity index (χ0) is 18.3. The molecule has 0 saturated heterocycles. The summed E-state index contributed by atoms with van der Waals surface area (Å²) in [5.41, 5.74) is 7.26. The molecule has 5 nitrogen and oxygen atoms in total. The van der Waals surface area contributed by atoms with Crippen LogP contribution < -0.4 is 16.4 Å². The lowest BCUT2D eigenvalue weighted by Gasteiger charge is -2.34. The van der Waals surface area contributed by atoms with Gasteiger partial charge in [0.15, 0.2) is 0 Å².